The number of aliphatic hydroxyl groups is 2. The molecule has 3 heterocycles. The number of carbonyl (C=O) groups is 2. The monoisotopic (exact) mass is 696 g/mol. The molecular weight excluding hydrogens is 660 g/mol. The fourth-order valence-electron chi connectivity index (χ4n) is 5.64. The van der Waals surface area contributed by atoms with Crippen LogP contribution in [0.3, 0.4) is 0 Å². The van der Waals surface area contributed by atoms with Gasteiger partial charge in [0.1, 0.15) is 40.5 Å². The van der Waals surface area contributed by atoms with Gasteiger partial charge in [0.05, 0.1) is 23.9 Å². The topological polar surface area (TPSA) is 143 Å². The first-order valence-electron chi connectivity index (χ1n) is 16.0. The summed E-state index contributed by atoms with van der Waals surface area (Å²) < 4.78 is 70.6. The van der Waals surface area contributed by atoms with Crippen molar-refractivity contribution in [1.29, 1.82) is 0 Å². The molecule has 2 aliphatic rings. The molecule has 0 saturated heterocycles. The van der Waals surface area contributed by atoms with Gasteiger partial charge in [-0.05, 0) is 94.6 Å². The number of amides is 2. The smallest absolute Gasteiger partial charge is 0.424 e. The summed E-state index contributed by atoms with van der Waals surface area (Å²) in [6.45, 7) is 4.37. The summed E-state index contributed by atoms with van der Waals surface area (Å²) in [7, 11) is 0. The van der Waals surface area contributed by atoms with Crippen LogP contribution in [0.5, 0.6) is 11.5 Å². The molecule has 14 heteroatoms. The minimum atomic E-state index is -5.38. The number of carbonyl (C=O) groups excluding carboxylic acids is 2. The third-order valence-electron chi connectivity index (χ3n) is 8.74. The molecule has 1 saturated carbocycles. The number of aromatic nitrogens is 2. The fourth-order valence-corrected chi connectivity index (χ4v) is 5.64. The van der Waals surface area contributed by atoms with Crippen molar-refractivity contribution >= 4 is 22.7 Å². The van der Waals surface area contributed by atoms with Crippen LogP contribution in [0.25, 0.3) is 22.2 Å². The number of nitrogens with one attached hydrogen (secondary N) is 2. The normalized spacial score (nSPS) is 18.6. The van der Waals surface area contributed by atoms with Crippen LogP contribution in [0.1, 0.15) is 60.8 Å². The van der Waals surface area contributed by atoms with Gasteiger partial charge in [0.15, 0.2) is 0 Å². The highest BCUT2D eigenvalue weighted by Gasteiger charge is 2.58. The van der Waals surface area contributed by atoms with Crippen molar-refractivity contribution in [3.05, 3.63) is 82.9 Å². The van der Waals surface area contributed by atoms with Gasteiger partial charge in [-0.25, -0.2) is 9.37 Å². The van der Waals surface area contributed by atoms with Crippen LogP contribution < -0.4 is 20.1 Å². The first-order chi connectivity index (χ1) is 23.4. The van der Waals surface area contributed by atoms with Gasteiger partial charge in [0.25, 0.3) is 5.91 Å². The van der Waals surface area contributed by atoms with E-state index in [1.165, 1.54) is 45.0 Å². The number of alkyl halides is 3. The zero-order chi connectivity index (χ0) is 36.2. The average molecular weight is 697 g/mol. The standard InChI is InChI=1S/C36H36F4N4O6/c1-19-11-21-12-22(13-26(28(21)41-15-19)50-24-9-10-24)31(45)42-17-35(48,36(38,39)40)27-14-25-30(29(44-27)20-5-7-23(37)8-6-20)49-18-34(25,4)32(46)43-16-33(2,3)47/h5-8,11-15,24,47-48H,9-10,16-18H2,1-4H3,(H,42,45)(H,43,46)/t34-,35?/m0/s1. The summed E-state index contributed by atoms with van der Waals surface area (Å²) in [4.78, 5) is 35.5. The largest absolute Gasteiger partial charge is 0.489 e. The van der Waals surface area contributed by atoms with E-state index in [-0.39, 0.29) is 47.4 Å². The van der Waals surface area contributed by atoms with Crippen LogP contribution in [0.4, 0.5) is 17.6 Å². The molecule has 1 aliphatic carbocycles. The van der Waals surface area contributed by atoms with Crippen molar-refractivity contribution in [2.24, 2.45) is 0 Å². The van der Waals surface area contributed by atoms with Gasteiger partial charge in [-0.2, -0.15) is 13.2 Å². The van der Waals surface area contributed by atoms with Crippen molar-refractivity contribution in [3.8, 4) is 22.8 Å². The molecule has 0 radical (unpaired) electrons. The van der Waals surface area contributed by atoms with Crippen molar-refractivity contribution in [2.45, 2.75) is 69.4 Å². The Labute approximate surface area is 284 Å². The Morgan fingerprint density at radius 1 is 1.04 bits per heavy atom. The molecule has 1 fully saturated rings. The molecule has 2 amide bonds. The molecule has 264 valence electrons. The number of nitrogens with zero attached hydrogens (tertiary/aromatic N) is 2. The predicted octanol–water partition coefficient (Wildman–Crippen LogP) is 5.00. The van der Waals surface area contributed by atoms with E-state index < -0.39 is 52.7 Å². The highest BCUT2D eigenvalue weighted by molar-refractivity contribution is 6.00. The van der Waals surface area contributed by atoms with Crippen LogP contribution in [-0.4, -0.2) is 69.6 Å². The number of aryl methyl sites for hydroxylation is 1. The second-order valence-electron chi connectivity index (χ2n) is 13.8. The summed E-state index contributed by atoms with van der Waals surface area (Å²) in [5, 5.41) is 27.0. The fraction of sp³-hybridized carbons (Fsp3) is 0.389. The summed E-state index contributed by atoms with van der Waals surface area (Å²) >= 11 is 0. The third kappa shape index (κ3) is 6.81. The quantitative estimate of drug-likeness (QED) is 0.170. The second-order valence-corrected chi connectivity index (χ2v) is 13.8. The highest BCUT2D eigenvalue weighted by Crippen LogP contribution is 2.48. The molecule has 2 aromatic carbocycles. The lowest BCUT2D eigenvalue weighted by atomic mass is 9.81. The van der Waals surface area contributed by atoms with Crippen molar-refractivity contribution in [3.63, 3.8) is 0 Å². The van der Waals surface area contributed by atoms with Crippen molar-refractivity contribution < 1.29 is 46.8 Å². The van der Waals surface area contributed by atoms with E-state index in [0.29, 0.717) is 16.7 Å². The zero-order valence-corrected chi connectivity index (χ0v) is 27.7. The van der Waals surface area contributed by atoms with E-state index in [1.54, 1.807) is 19.2 Å². The van der Waals surface area contributed by atoms with Crippen molar-refractivity contribution in [1.82, 2.24) is 20.6 Å². The number of fused-ring (bicyclic) bond motifs is 2. The third-order valence-corrected chi connectivity index (χ3v) is 8.74. The summed E-state index contributed by atoms with van der Waals surface area (Å²) in [5.41, 5.74) is -6.33. The Kier molecular flexibility index (Phi) is 8.76. The van der Waals surface area contributed by atoms with Gasteiger partial charge >= 0.3 is 6.18 Å². The molecule has 1 aliphatic heterocycles. The Bertz CT molecular complexity index is 1980. The molecule has 2 aromatic heterocycles. The molecule has 0 bridgehead atoms. The maximum absolute atomic E-state index is 15.0. The minimum Gasteiger partial charge on any atom is -0.489 e. The number of benzene rings is 2. The molecule has 4 N–H and O–H groups in total. The Morgan fingerprint density at radius 3 is 2.38 bits per heavy atom. The summed E-state index contributed by atoms with van der Waals surface area (Å²) in [5.74, 6) is -1.91. The van der Waals surface area contributed by atoms with Gasteiger partial charge in [-0.3, -0.25) is 14.6 Å². The molecular formula is C36H36F4N4O6. The van der Waals surface area contributed by atoms with E-state index in [4.69, 9.17) is 9.47 Å². The molecule has 10 nitrogen and oxygen atoms in total. The molecule has 6 rings (SSSR count). The lowest BCUT2D eigenvalue weighted by molar-refractivity contribution is -0.265. The minimum absolute atomic E-state index is 0.0107. The van der Waals surface area contributed by atoms with Gasteiger partial charge in [-0.15, -0.1) is 0 Å². The second kappa shape index (κ2) is 12.5. The number of ether oxygens (including phenoxy) is 2. The van der Waals surface area contributed by atoms with Crippen LogP contribution >= 0.6 is 0 Å². The van der Waals surface area contributed by atoms with E-state index in [2.05, 4.69) is 20.6 Å². The zero-order valence-electron chi connectivity index (χ0n) is 27.7. The summed E-state index contributed by atoms with van der Waals surface area (Å²) in [6, 6.07) is 10.3. The molecule has 2 atom stereocenters. The SMILES string of the molecule is Cc1cnc2c(OC3CC3)cc(C(=O)NCC(O)(c3cc4c(c(-c5ccc(F)cc5)n3)OC[C@]4(C)C(=O)NCC(C)(C)O)C(F)(F)F)cc2c1. The van der Waals surface area contributed by atoms with Crippen LogP contribution in [0.15, 0.2) is 54.7 Å². The maximum atomic E-state index is 15.0. The molecule has 50 heavy (non-hydrogen) atoms. The first-order valence-corrected chi connectivity index (χ1v) is 16.0. The number of rotatable bonds is 10. The molecule has 1 unspecified atom stereocenters. The lowest BCUT2D eigenvalue weighted by Gasteiger charge is -2.32. The van der Waals surface area contributed by atoms with Crippen LogP contribution in [0.2, 0.25) is 0 Å². The van der Waals surface area contributed by atoms with E-state index in [0.717, 1.165) is 36.6 Å². The Balaban J connectivity index is 1.40. The van der Waals surface area contributed by atoms with Gasteiger partial charge in [-0.1, -0.05) is 0 Å². The lowest BCUT2D eigenvalue weighted by Crippen LogP contribution is -2.52. The highest BCUT2D eigenvalue weighted by atomic mass is 19.4. The van der Waals surface area contributed by atoms with Crippen LogP contribution in [0, 0.1) is 12.7 Å². The molecule has 4 aromatic rings. The van der Waals surface area contributed by atoms with E-state index in [1.807, 2.05) is 0 Å². The van der Waals surface area contributed by atoms with Crippen LogP contribution in [-0.2, 0) is 15.8 Å². The van der Waals surface area contributed by atoms with Gasteiger partial charge in [0, 0.05) is 34.8 Å². The van der Waals surface area contributed by atoms with Crippen molar-refractivity contribution in [2.75, 3.05) is 19.7 Å². The van der Waals surface area contributed by atoms with E-state index >= 15 is 0 Å². The van der Waals surface area contributed by atoms with Gasteiger partial charge in [0.2, 0.25) is 11.5 Å². The Hall–Kier alpha value is -4.82. The Morgan fingerprint density at radius 2 is 1.74 bits per heavy atom. The average Bonchev–Trinajstić information content (AvgIpc) is 3.80. The van der Waals surface area contributed by atoms with Gasteiger partial charge < -0.3 is 30.3 Å². The predicted molar refractivity (Wildman–Crippen MR) is 174 cm³/mol. The maximum Gasteiger partial charge on any atom is 0.424 e. The summed E-state index contributed by atoms with van der Waals surface area (Å²) in [6.07, 6.45) is -2.15. The number of pyridine rings is 2. The van der Waals surface area contributed by atoms with E-state index in [9.17, 15) is 37.4 Å². The number of hydrogen-bond donors (Lipinski definition) is 4. The molecule has 0 spiro atoms. The number of halogens is 4. The number of hydrogen-bond acceptors (Lipinski definition) is 8. The first kappa shape index (κ1) is 35.0.